The molecular weight excluding hydrogens is 238 g/mol. The molecule has 1 aromatic rings. The highest BCUT2D eigenvalue weighted by Gasteiger charge is 2.11. The van der Waals surface area contributed by atoms with Crippen molar-refractivity contribution in [1.82, 2.24) is 10.9 Å². The Bertz CT molecular complexity index is 473. The minimum Gasteiger partial charge on any atom is -0.273 e. The number of hydrogen-bond acceptors (Lipinski definition) is 4. The number of nitro benzene ring substituents is 1. The van der Waals surface area contributed by atoms with Gasteiger partial charge in [-0.15, -0.1) is 0 Å². The van der Waals surface area contributed by atoms with E-state index in [1.54, 1.807) is 0 Å². The van der Waals surface area contributed by atoms with Crippen molar-refractivity contribution < 1.29 is 14.5 Å². The molecule has 2 N–H and O–H groups in total. The van der Waals surface area contributed by atoms with Gasteiger partial charge in [0.2, 0.25) is 5.91 Å². The molecule has 0 aliphatic carbocycles. The maximum absolute atomic E-state index is 11.6. The normalized spacial score (nSPS) is 9.61. The third kappa shape index (κ3) is 3.85. The van der Waals surface area contributed by atoms with Crippen LogP contribution in [0.3, 0.4) is 0 Å². The molecule has 0 saturated heterocycles. The largest absolute Gasteiger partial charge is 0.273 e. The number of hydrogen-bond donors (Lipinski definition) is 2. The van der Waals surface area contributed by atoms with E-state index in [1.807, 2.05) is 6.92 Å². The van der Waals surface area contributed by atoms with Crippen molar-refractivity contribution in [2.75, 3.05) is 0 Å². The number of benzene rings is 1. The van der Waals surface area contributed by atoms with Gasteiger partial charge >= 0.3 is 0 Å². The van der Waals surface area contributed by atoms with Crippen LogP contribution in [-0.2, 0) is 4.79 Å². The topological polar surface area (TPSA) is 101 Å². The van der Waals surface area contributed by atoms with Crippen LogP contribution >= 0.6 is 0 Å². The van der Waals surface area contributed by atoms with Gasteiger partial charge in [0.15, 0.2) is 0 Å². The second kappa shape index (κ2) is 6.33. The average Bonchev–Trinajstić information content (AvgIpc) is 2.36. The third-order valence-corrected chi connectivity index (χ3v) is 2.11. The van der Waals surface area contributed by atoms with Crippen LogP contribution in [0.5, 0.6) is 0 Å². The van der Waals surface area contributed by atoms with Crippen LogP contribution in [0.2, 0.25) is 0 Å². The van der Waals surface area contributed by atoms with Crippen molar-refractivity contribution in [3.8, 4) is 0 Å². The molecule has 0 fully saturated rings. The van der Waals surface area contributed by atoms with Crippen molar-refractivity contribution in [3.05, 3.63) is 39.9 Å². The van der Waals surface area contributed by atoms with Crippen LogP contribution in [-0.4, -0.2) is 16.7 Å². The molecule has 96 valence electrons. The van der Waals surface area contributed by atoms with Gasteiger partial charge in [-0.05, 0) is 12.5 Å². The molecular formula is C11H13N3O4. The zero-order valence-corrected chi connectivity index (χ0v) is 9.80. The summed E-state index contributed by atoms with van der Waals surface area (Å²) in [5, 5.41) is 10.5. The molecule has 2 amide bonds. The van der Waals surface area contributed by atoms with Crippen LogP contribution in [0.1, 0.15) is 30.1 Å². The molecule has 0 unspecified atom stereocenters. The fraction of sp³-hybridized carbons (Fsp3) is 0.273. The lowest BCUT2D eigenvalue weighted by atomic mass is 10.2. The van der Waals surface area contributed by atoms with Crippen LogP contribution in [0.15, 0.2) is 24.3 Å². The monoisotopic (exact) mass is 251 g/mol. The van der Waals surface area contributed by atoms with Crippen molar-refractivity contribution in [2.24, 2.45) is 0 Å². The number of nitrogens with one attached hydrogen (secondary N) is 2. The second-order valence-corrected chi connectivity index (χ2v) is 3.56. The third-order valence-electron chi connectivity index (χ3n) is 2.11. The first-order valence-electron chi connectivity index (χ1n) is 5.38. The molecule has 0 atom stereocenters. The Labute approximate surface area is 103 Å². The van der Waals surface area contributed by atoms with Gasteiger partial charge in [-0.25, -0.2) is 0 Å². The van der Waals surface area contributed by atoms with Crippen LogP contribution < -0.4 is 10.9 Å². The van der Waals surface area contributed by atoms with Crippen molar-refractivity contribution >= 4 is 17.5 Å². The van der Waals surface area contributed by atoms with E-state index in [2.05, 4.69) is 10.9 Å². The van der Waals surface area contributed by atoms with Gasteiger partial charge in [0.25, 0.3) is 11.6 Å². The molecule has 0 aliphatic rings. The Hall–Kier alpha value is -2.44. The zero-order valence-electron chi connectivity index (χ0n) is 9.80. The Morgan fingerprint density at radius 1 is 1.33 bits per heavy atom. The van der Waals surface area contributed by atoms with Crippen molar-refractivity contribution in [2.45, 2.75) is 19.8 Å². The smallest absolute Gasteiger partial charge is 0.270 e. The molecule has 1 aromatic carbocycles. The highest BCUT2D eigenvalue weighted by atomic mass is 16.6. The predicted molar refractivity (Wildman–Crippen MR) is 63.6 cm³/mol. The maximum Gasteiger partial charge on any atom is 0.270 e. The molecule has 0 saturated carbocycles. The summed E-state index contributed by atoms with van der Waals surface area (Å²) in [7, 11) is 0. The van der Waals surface area contributed by atoms with Crippen LogP contribution in [0, 0.1) is 10.1 Å². The number of rotatable bonds is 4. The summed E-state index contributed by atoms with van der Waals surface area (Å²) in [6.45, 7) is 1.84. The SMILES string of the molecule is CCCC(=O)NNC(=O)c1cccc([N+](=O)[O-])c1. The minimum atomic E-state index is -0.594. The zero-order chi connectivity index (χ0) is 13.5. The summed E-state index contributed by atoms with van der Waals surface area (Å²) in [6, 6.07) is 5.25. The lowest BCUT2D eigenvalue weighted by molar-refractivity contribution is -0.384. The molecule has 0 spiro atoms. The number of hydrazine groups is 1. The summed E-state index contributed by atoms with van der Waals surface area (Å²) >= 11 is 0. The fourth-order valence-electron chi connectivity index (χ4n) is 1.25. The quantitative estimate of drug-likeness (QED) is 0.619. The Morgan fingerprint density at radius 3 is 2.67 bits per heavy atom. The van der Waals surface area contributed by atoms with E-state index in [1.165, 1.54) is 18.2 Å². The molecule has 0 aromatic heterocycles. The number of nitrogens with zero attached hydrogens (tertiary/aromatic N) is 1. The molecule has 7 nitrogen and oxygen atoms in total. The van der Waals surface area contributed by atoms with E-state index in [0.717, 1.165) is 6.07 Å². The Balaban J connectivity index is 2.64. The van der Waals surface area contributed by atoms with Gasteiger partial charge in [-0.2, -0.15) is 0 Å². The maximum atomic E-state index is 11.6. The highest BCUT2D eigenvalue weighted by Crippen LogP contribution is 2.12. The summed E-state index contributed by atoms with van der Waals surface area (Å²) in [5.41, 5.74) is 4.34. The molecule has 0 radical (unpaired) electrons. The summed E-state index contributed by atoms with van der Waals surface area (Å²) in [4.78, 5) is 32.6. The summed E-state index contributed by atoms with van der Waals surface area (Å²) < 4.78 is 0. The van der Waals surface area contributed by atoms with Crippen molar-refractivity contribution in [3.63, 3.8) is 0 Å². The first-order chi connectivity index (χ1) is 8.54. The van der Waals surface area contributed by atoms with Crippen molar-refractivity contribution in [1.29, 1.82) is 0 Å². The number of non-ortho nitro benzene ring substituents is 1. The van der Waals surface area contributed by atoms with Gasteiger partial charge in [0, 0.05) is 24.1 Å². The van der Waals surface area contributed by atoms with Gasteiger partial charge < -0.3 is 0 Å². The highest BCUT2D eigenvalue weighted by molar-refractivity contribution is 5.95. The number of carbonyl (C=O) groups is 2. The van der Waals surface area contributed by atoms with E-state index < -0.39 is 10.8 Å². The van der Waals surface area contributed by atoms with Gasteiger partial charge in [-0.1, -0.05) is 13.0 Å². The molecule has 0 heterocycles. The first kappa shape index (κ1) is 13.6. The van der Waals surface area contributed by atoms with Gasteiger partial charge in [0.1, 0.15) is 0 Å². The standard InChI is InChI=1S/C11H13N3O4/c1-2-4-10(15)12-13-11(16)8-5-3-6-9(7-8)14(17)18/h3,5-7H,2,4H2,1H3,(H,12,15)(H,13,16). The van der Waals surface area contributed by atoms with E-state index in [9.17, 15) is 19.7 Å². The van der Waals surface area contributed by atoms with Gasteiger partial charge in [0.05, 0.1) is 4.92 Å². The van der Waals surface area contributed by atoms with E-state index in [0.29, 0.717) is 12.8 Å². The minimum absolute atomic E-state index is 0.112. The summed E-state index contributed by atoms with van der Waals surface area (Å²) in [5.74, 6) is -0.903. The van der Waals surface area contributed by atoms with Crippen LogP contribution in [0.4, 0.5) is 5.69 Å². The van der Waals surface area contributed by atoms with Gasteiger partial charge in [-0.3, -0.25) is 30.6 Å². The number of nitro groups is 1. The molecule has 0 bridgehead atoms. The van der Waals surface area contributed by atoms with E-state index in [4.69, 9.17) is 0 Å². The fourth-order valence-corrected chi connectivity index (χ4v) is 1.25. The first-order valence-corrected chi connectivity index (χ1v) is 5.38. The number of amides is 2. The molecule has 18 heavy (non-hydrogen) atoms. The average molecular weight is 251 g/mol. The van der Waals surface area contributed by atoms with E-state index >= 15 is 0 Å². The predicted octanol–water partition coefficient (Wildman–Crippen LogP) is 1.16. The van der Waals surface area contributed by atoms with Crippen LogP contribution in [0.25, 0.3) is 0 Å². The van der Waals surface area contributed by atoms with E-state index in [-0.39, 0.29) is 17.2 Å². The Kier molecular flexibility index (Phi) is 4.79. The second-order valence-electron chi connectivity index (χ2n) is 3.56. The molecule has 7 heteroatoms. The Morgan fingerprint density at radius 2 is 2.06 bits per heavy atom. The number of carbonyl (C=O) groups excluding carboxylic acids is 2. The molecule has 1 rings (SSSR count). The lowest BCUT2D eigenvalue weighted by Gasteiger charge is -2.06. The lowest BCUT2D eigenvalue weighted by Crippen LogP contribution is -2.41. The summed E-state index contributed by atoms with van der Waals surface area (Å²) in [6.07, 6.45) is 0.966. The molecule has 0 aliphatic heterocycles.